The Morgan fingerprint density at radius 1 is 0.947 bits per heavy atom. The van der Waals surface area contributed by atoms with E-state index in [2.05, 4.69) is 9.44 Å². The van der Waals surface area contributed by atoms with Crippen molar-refractivity contribution in [3.8, 4) is 5.75 Å². The van der Waals surface area contributed by atoms with E-state index in [1.807, 2.05) is 0 Å². The van der Waals surface area contributed by atoms with Crippen LogP contribution in [0.5, 0.6) is 5.75 Å². The molecule has 2 aliphatic heterocycles. The van der Waals surface area contributed by atoms with Crippen molar-refractivity contribution in [2.24, 2.45) is 5.16 Å². The van der Waals surface area contributed by atoms with Crippen molar-refractivity contribution >= 4 is 78.6 Å². The molecule has 0 aromatic heterocycles. The van der Waals surface area contributed by atoms with Crippen LogP contribution in [0.1, 0.15) is 12.5 Å². The molecule has 8 N–H and O–H groups in total. The number of oxime groups is 1. The van der Waals surface area contributed by atoms with Gasteiger partial charge >= 0.3 is 10.4 Å². The Labute approximate surface area is 264 Å². The second-order valence-electron chi connectivity index (χ2n) is 8.42. The van der Waals surface area contributed by atoms with Crippen LogP contribution in [0.4, 0.5) is 0 Å². The van der Waals surface area contributed by atoms with Crippen LogP contribution in [-0.2, 0) is 30.6 Å². The summed E-state index contributed by atoms with van der Waals surface area (Å²) in [7, 11) is -4.97. The van der Waals surface area contributed by atoms with Gasteiger partial charge in [-0.25, -0.2) is 4.28 Å². The molecule has 0 amide bonds. The first-order chi connectivity index (χ1) is 17.3. The van der Waals surface area contributed by atoms with Crippen molar-refractivity contribution in [1.82, 2.24) is 0 Å². The van der Waals surface area contributed by atoms with Crippen LogP contribution < -0.4 is 4.74 Å². The molecular weight excluding hydrogens is 581 g/mol. The number of thioether (sulfide) groups is 1. The van der Waals surface area contributed by atoms with Crippen molar-refractivity contribution in [3.63, 3.8) is 0 Å². The van der Waals surface area contributed by atoms with Gasteiger partial charge in [-0.2, -0.15) is 8.42 Å². The number of aliphatic hydroxyl groups excluding tert-OH is 7. The number of rotatable bonds is 8. The van der Waals surface area contributed by atoms with Gasteiger partial charge in [0, 0.05) is 57.8 Å². The van der Waals surface area contributed by atoms with Gasteiger partial charge < -0.3 is 50.0 Å². The molecule has 0 bridgehead atoms. The quantitative estimate of drug-likeness (QED) is 0.0473. The van der Waals surface area contributed by atoms with Gasteiger partial charge in [-0.05, 0) is 24.6 Å². The summed E-state index contributed by atoms with van der Waals surface area (Å²) in [6.07, 6.45) is -12.6. The first kappa shape index (κ1) is 34.2. The van der Waals surface area contributed by atoms with E-state index in [1.165, 1.54) is 31.2 Å². The van der Waals surface area contributed by atoms with E-state index in [0.717, 1.165) is 0 Å². The van der Waals surface area contributed by atoms with E-state index in [1.54, 1.807) is 0 Å². The Morgan fingerprint density at radius 3 is 2.13 bits per heavy atom. The average molecular weight is 611 g/mol. The zero-order valence-corrected chi connectivity index (χ0v) is 25.0. The van der Waals surface area contributed by atoms with Gasteiger partial charge in [0.15, 0.2) is 0 Å². The smallest absolute Gasteiger partial charge is 0.462 e. The van der Waals surface area contributed by atoms with Crippen molar-refractivity contribution in [2.45, 2.75) is 73.9 Å². The number of hydrogen-bond acceptors (Lipinski definition) is 15. The molecule has 1 aromatic carbocycles. The molecule has 1 aromatic rings. The molecular formula is C20H29KNO14S2. The molecule has 0 saturated carbocycles. The van der Waals surface area contributed by atoms with E-state index in [-0.39, 0.29) is 68.6 Å². The van der Waals surface area contributed by atoms with E-state index in [0.29, 0.717) is 17.3 Å². The molecule has 0 aliphatic carbocycles. The summed E-state index contributed by atoms with van der Waals surface area (Å²) in [4.78, 5) is 0. The molecule has 2 saturated heterocycles. The summed E-state index contributed by atoms with van der Waals surface area (Å²) in [6, 6.07) is 5.98. The van der Waals surface area contributed by atoms with Gasteiger partial charge in [0.05, 0.1) is 12.7 Å². The predicted molar refractivity (Wildman–Crippen MR) is 130 cm³/mol. The number of nitrogens with zero attached hydrogens (tertiary/aromatic N) is 1. The number of benzene rings is 1. The summed E-state index contributed by atoms with van der Waals surface area (Å²) < 4.78 is 51.3. The van der Waals surface area contributed by atoms with Gasteiger partial charge in [-0.15, -0.1) is 0 Å². The fourth-order valence-corrected chi connectivity index (χ4v) is 4.92. The van der Waals surface area contributed by atoms with Gasteiger partial charge in [-0.3, -0.25) is 4.55 Å². The minimum Gasteiger partial charge on any atom is -0.462 e. The summed E-state index contributed by atoms with van der Waals surface area (Å²) in [5.74, 6) is 0.220. The van der Waals surface area contributed by atoms with Crippen LogP contribution in [0.25, 0.3) is 0 Å². The van der Waals surface area contributed by atoms with E-state index < -0.39 is 77.6 Å². The van der Waals surface area contributed by atoms with Crippen molar-refractivity contribution in [2.75, 3.05) is 6.61 Å². The number of aliphatic hydroxyl groups is 7. The zero-order valence-electron chi connectivity index (χ0n) is 20.3. The van der Waals surface area contributed by atoms with E-state index in [4.69, 9.17) is 18.8 Å². The Balaban J connectivity index is 0.00000507. The molecule has 0 spiro atoms. The average Bonchev–Trinajstić information content (AvgIpc) is 2.85. The molecule has 2 fully saturated rings. The molecule has 3 rings (SSSR count). The summed E-state index contributed by atoms with van der Waals surface area (Å²) in [5.41, 5.74) is -0.799. The molecule has 10 atom stereocenters. The molecule has 38 heavy (non-hydrogen) atoms. The second kappa shape index (κ2) is 14.8. The topological polar surface area (TPSA) is 245 Å². The van der Waals surface area contributed by atoms with Crippen molar-refractivity contribution in [1.29, 1.82) is 0 Å². The molecule has 211 valence electrons. The molecule has 15 nitrogen and oxygen atoms in total. The van der Waals surface area contributed by atoms with E-state index >= 15 is 0 Å². The minimum absolute atomic E-state index is 0. The second-order valence-corrected chi connectivity index (χ2v) is 10.6. The normalized spacial score (nSPS) is 36.3. The Hall–Kier alpha value is 0.0264. The molecule has 18 heteroatoms. The SMILES string of the molecule is C[C@@H]1O[C@@H](Oc2ccc(CC(=NOS(=O)(=O)O)S[C@@H]3O[C@H](CO)[C@@H](O)[C@H](O)[C@H]3O)cc2)[C@H](O)[C@H](O)[C@H]1O.[K]. The third-order valence-corrected chi connectivity index (χ3v) is 7.05. The number of ether oxygens (including phenoxy) is 3. The van der Waals surface area contributed by atoms with Crippen molar-refractivity contribution < 1.29 is 67.2 Å². The van der Waals surface area contributed by atoms with Crippen LogP contribution in [0.2, 0.25) is 0 Å². The first-order valence-electron chi connectivity index (χ1n) is 11.0. The number of hydrogen-bond donors (Lipinski definition) is 8. The molecule has 2 aliphatic rings. The summed E-state index contributed by atoms with van der Waals surface area (Å²) >= 11 is 0.627. The molecule has 2 heterocycles. The van der Waals surface area contributed by atoms with Gasteiger partial charge in [0.25, 0.3) is 0 Å². The zero-order chi connectivity index (χ0) is 27.5. The Kier molecular flexibility index (Phi) is 13.3. The fourth-order valence-electron chi connectivity index (χ4n) is 3.59. The molecule has 1 radical (unpaired) electrons. The van der Waals surface area contributed by atoms with Crippen LogP contribution in [0.15, 0.2) is 29.4 Å². The molecule has 0 unspecified atom stereocenters. The predicted octanol–water partition coefficient (Wildman–Crippen LogP) is -3.28. The van der Waals surface area contributed by atoms with E-state index in [9.17, 15) is 44.2 Å². The Morgan fingerprint density at radius 2 is 1.55 bits per heavy atom. The summed E-state index contributed by atoms with van der Waals surface area (Å²) in [5, 5.41) is 72.5. The van der Waals surface area contributed by atoms with Gasteiger partial charge in [-0.1, -0.05) is 29.1 Å². The van der Waals surface area contributed by atoms with Gasteiger partial charge in [0.2, 0.25) is 6.29 Å². The Bertz CT molecular complexity index is 1030. The maximum atomic E-state index is 11.0. The van der Waals surface area contributed by atoms with Crippen LogP contribution >= 0.6 is 11.8 Å². The third kappa shape index (κ3) is 9.01. The minimum atomic E-state index is -4.97. The first-order valence-corrected chi connectivity index (χ1v) is 13.2. The van der Waals surface area contributed by atoms with Crippen molar-refractivity contribution in [3.05, 3.63) is 29.8 Å². The van der Waals surface area contributed by atoms with Gasteiger partial charge in [0.1, 0.15) is 59.0 Å². The van der Waals surface area contributed by atoms with Crippen LogP contribution in [0, 0.1) is 0 Å². The van der Waals surface area contributed by atoms with Crippen LogP contribution in [0.3, 0.4) is 0 Å². The fraction of sp³-hybridized carbons (Fsp3) is 0.650. The maximum absolute atomic E-state index is 11.0. The monoisotopic (exact) mass is 610 g/mol. The largest absolute Gasteiger partial charge is 0.466 e. The maximum Gasteiger partial charge on any atom is 0.466 e. The third-order valence-electron chi connectivity index (χ3n) is 5.67. The van der Waals surface area contributed by atoms with Crippen LogP contribution in [-0.4, -0.2) is 172 Å². The standard InChI is InChI=1S/C20H29NO14S2.K/c1-8-13(23)15(25)17(27)19(32-8)33-10-4-2-9(3-5-10)6-12(21-35-37(29,30)31)36-20-18(28)16(26)14(24)11(7-22)34-20;/h2-5,8,11,13-20,22-28H,6-7H2,1H3,(H,29,30,31);/t8-,11+,13-,14+,15+,16-,17+,18+,19-,20-;/m0./s1. The summed E-state index contributed by atoms with van der Waals surface area (Å²) in [6.45, 7) is 0.827.